The quantitative estimate of drug-likeness (QED) is 0.151. The number of carbonyl (C=O) groups is 1. The number of hydrogen-bond donors (Lipinski definition) is 1. The number of fused-ring (bicyclic) bond motifs is 1. The molecule has 0 spiro atoms. The highest BCUT2D eigenvalue weighted by atomic mass is 32.2. The number of Topliss-reactive ketones (excluding diaryl/α,β-unsaturated/α-hetero) is 1. The van der Waals surface area contributed by atoms with Gasteiger partial charge in [0.25, 0.3) is 0 Å². The summed E-state index contributed by atoms with van der Waals surface area (Å²) in [4.78, 5) is 13.1. The van der Waals surface area contributed by atoms with E-state index in [0.29, 0.717) is 30.0 Å². The Morgan fingerprint density at radius 1 is 1.07 bits per heavy atom. The molecule has 0 saturated heterocycles. The van der Waals surface area contributed by atoms with E-state index in [-0.39, 0.29) is 17.5 Å². The van der Waals surface area contributed by atoms with Crippen LogP contribution in [-0.2, 0) is 29.2 Å². The van der Waals surface area contributed by atoms with Crippen molar-refractivity contribution >= 4 is 21.3 Å². The summed E-state index contributed by atoms with van der Waals surface area (Å²) in [6.45, 7) is 4.95. The topological polar surface area (TPSA) is 87.0 Å². The summed E-state index contributed by atoms with van der Waals surface area (Å²) in [7, 11) is -3.03. The first-order valence-corrected chi connectivity index (χ1v) is 16.4. The molecule has 1 aliphatic carbocycles. The maximum atomic E-state index is 13.1. The lowest BCUT2D eigenvalue weighted by molar-refractivity contribution is 0.0980. The van der Waals surface area contributed by atoms with E-state index in [1.807, 2.05) is 30.3 Å². The largest absolute Gasteiger partial charge is 0.381 e. The third-order valence-electron chi connectivity index (χ3n) is 8.16. The Kier molecular flexibility index (Phi) is 9.81. The van der Waals surface area contributed by atoms with Gasteiger partial charge < -0.3 is 5.32 Å². The van der Waals surface area contributed by atoms with Crippen LogP contribution < -0.4 is 5.32 Å². The predicted molar refractivity (Wildman–Crippen MR) is 163 cm³/mol. The lowest BCUT2D eigenvalue weighted by atomic mass is 9.90. The number of nitriles is 1. The van der Waals surface area contributed by atoms with Gasteiger partial charge in [-0.3, -0.25) is 4.79 Å². The molecule has 3 aromatic carbocycles. The van der Waals surface area contributed by atoms with E-state index in [9.17, 15) is 18.5 Å². The number of nitrogens with zero attached hydrogens (tertiary/aromatic N) is 1. The Hall–Kier alpha value is -3.43. The van der Waals surface area contributed by atoms with Crippen molar-refractivity contribution in [3.63, 3.8) is 0 Å². The zero-order valence-electron chi connectivity index (χ0n) is 23.9. The maximum Gasteiger partial charge on any atom is 0.163 e. The summed E-state index contributed by atoms with van der Waals surface area (Å²) in [6, 6.07) is 21.9. The first-order chi connectivity index (χ1) is 19.2. The number of rotatable bonds is 11. The van der Waals surface area contributed by atoms with Crippen LogP contribution in [0.5, 0.6) is 0 Å². The van der Waals surface area contributed by atoms with E-state index in [0.717, 1.165) is 55.3 Å². The van der Waals surface area contributed by atoms with Gasteiger partial charge in [-0.15, -0.1) is 0 Å². The molecule has 6 heteroatoms. The van der Waals surface area contributed by atoms with Gasteiger partial charge in [-0.25, -0.2) is 8.42 Å². The fourth-order valence-corrected chi connectivity index (χ4v) is 7.02. The minimum atomic E-state index is -3.03. The number of anilines is 1. The second-order valence-corrected chi connectivity index (χ2v) is 13.5. The highest BCUT2D eigenvalue weighted by molar-refractivity contribution is 7.90. The zero-order valence-corrected chi connectivity index (χ0v) is 24.7. The van der Waals surface area contributed by atoms with E-state index in [4.69, 9.17) is 0 Å². The van der Waals surface area contributed by atoms with Crippen molar-refractivity contribution in [1.29, 1.82) is 5.26 Å². The first-order valence-electron chi connectivity index (χ1n) is 14.4. The van der Waals surface area contributed by atoms with Crippen LogP contribution in [0.4, 0.5) is 5.69 Å². The average molecular weight is 557 g/mol. The van der Waals surface area contributed by atoms with Crippen LogP contribution >= 0.6 is 0 Å². The molecular weight excluding hydrogens is 516 g/mol. The van der Waals surface area contributed by atoms with Crippen molar-refractivity contribution in [2.45, 2.75) is 65.3 Å². The fraction of sp³-hybridized carbons (Fsp3) is 0.412. The predicted octanol–water partition coefficient (Wildman–Crippen LogP) is 7.39. The molecule has 1 N–H and O–H groups in total. The first kappa shape index (κ1) is 29.6. The molecule has 0 radical (unpaired) electrons. The SMILES string of the molecule is CCCCCC(=O)c1ccc(NCc2cccc3c2CCC(C)C(CS(C)(=O)=O)C3)cc1-c1ccc(C#N)cc1. The minimum absolute atomic E-state index is 0.136. The third kappa shape index (κ3) is 7.61. The highest BCUT2D eigenvalue weighted by Crippen LogP contribution is 2.33. The summed E-state index contributed by atoms with van der Waals surface area (Å²) in [6.07, 6.45) is 7.55. The van der Waals surface area contributed by atoms with Crippen molar-refractivity contribution < 1.29 is 13.2 Å². The summed E-state index contributed by atoms with van der Waals surface area (Å²) in [5.74, 6) is 0.861. The lowest BCUT2D eigenvalue weighted by Crippen LogP contribution is -2.22. The van der Waals surface area contributed by atoms with Crippen molar-refractivity contribution in [2.75, 3.05) is 17.3 Å². The summed E-state index contributed by atoms with van der Waals surface area (Å²) >= 11 is 0. The average Bonchev–Trinajstić information content (AvgIpc) is 3.09. The zero-order chi connectivity index (χ0) is 28.7. The van der Waals surface area contributed by atoms with Gasteiger partial charge in [0.05, 0.1) is 17.4 Å². The Morgan fingerprint density at radius 2 is 1.85 bits per heavy atom. The third-order valence-corrected chi connectivity index (χ3v) is 9.19. The Morgan fingerprint density at radius 3 is 2.55 bits per heavy atom. The summed E-state index contributed by atoms with van der Waals surface area (Å²) in [5.41, 5.74) is 7.83. The lowest BCUT2D eigenvalue weighted by Gasteiger charge is -2.20. The molecule has 40 heavy (non-hydrogen) atoms. The number of benzene rings is 3. The number of sulfone groups is 1. The van der Waals surface area contributed by atoms with Crippen molar-refractivity contribution in [3.05, 3.63) is 88.5 Å². The van der Waals surface area contributed by atoms with Crippen LogP contribution in [0, 0.1) is 23.2 Å². The van der Waals surface area contributed by atoms with Crippen molar-refractivity contribution in [3.8, 4) is 17.2 Å². The second-order valence-electron chi connectivity index (χ2n) is 11.3. The van der Waals surface area contributed by atoms with E-state index in [2.05, 4.69) is 43.4 Å². The van der Waals surface area contributed by atoms with E-state index < -0.39 is 9.84 Å². The van der Waals surface area contributed by atoms with Crippen LogP contribution in [0.15, 0.2) is 60.7 Å². The van der Waals surface area contributed by atoms with Gasteiger partial charge in [0.1, 0.15) is 9.84 Å². The molecule has 2 unspecified atom stereocenters. The van der Waals surface area contributed by atoms with Gasteiger partial charge in [0.15, 0.2) is 5.78 Å². The summed E-state index contributed by atoms with van der Waals surface area (Å²) < 4.78 is 24.1. The molecule has 0 heterocycles. The van der Waals surface area contributed by atoms with Crippen molar-refractivity contribution in [1.82, 2.24) is 0 Å². The van der Waals surface area contributed by atoms with Gasteiger partial charge in [-0.2, -0.15) is 5.26 Å². The monoisotopic (exact) mass is 556 g/mol. The van der Waals surface area contributed by atoms with Gasteiger partial charge in [-0.05, 0) is 95.7 Å². The van der Waals surface area contributed by atoms with E-state index >= 15 is 0 Å². The number of unbranched alkanes of at least 4 members (excludes halogenated alkanes) is 2. The van der Waals surface area contributed by atoms with Crippen LogP contribution in [0.2, 0.25) is 0 Å². The molecule has 0 bridgehead atoms. The van der Waals surface area contributed by atoms with Gasteiger partial charge in [0, 0.05) is 30.5 Å². The Balaban J connectivity index is 1.58. The fourth-order valence-electron chi connectivity index (χ4n) is 5.80. The van der Waals surface area contributed by atoms with Gasteiger partial charge >= 0.3 is 0 Å². The molecule has 4 rings (SSSR count). The highest BCUT2D eigenvalue weighted by Gasteiger charge is 2.27. The molecule has 0 amide bonds. The molecule has 2 atom stereocenters. The van der Waals surface area contributed by atoms with E-state index in [1.54, 1.807) is 12.1 Å². The van der Waals surface area contributed by atoms with Crippen LogP contribution in [0.3, 0.4) is 0 Å². The van der Waals surface area contributed by atoms with Crippen LogP contribution in [0.1, 0.15) is 78.6 Å². The summed E-state index contributed by atoms with van der Waals surface area (Å²) in [5, 5.41) is 12.8. The molecule has 5 nitrogen and oxygen atoms in total. The molecular formula is C34H40N2O3S. The molecule has 0 fully saturated rings. The molecule has 3 aromatic rings. The standard InChI is InChI=1S/C34H40N2O3S/c1-4-5-6-10-34(37)32-18-16-30(20-33(32)26-14-12-25(21-35)13-15-26)36-22-28-9-7-8-27-19-29(23-40(3,38)39)24(2)11-17-31(27)28/h7-9,12-16,18,20,24,29,36H,4-6,10-11,17,19,22-23H2,1-3H3. The number of nitrogens with one attached hydrogen (secondary N) is 1. The van der Waals surface area contributed by atoms with Gasteiger partial charge in [-0.1, -0.05) is 57.0 Å². The number of ketones is 1. The smallest absolute Gasteiger partial charge is 0.163 e. The number of hydrogen-bond acceptors (Lipinski definition) is 5. The van der Waals surface area contributed by atoms with Crippen LogP contribution in [-0.4, -0.2) is 26.2 Å². The molecule has 0 aliphatic heterocycles. The molecule has 0 aromatic heterocycles. The Labute approximate surface area is 239 Å². The van der Waals surface area contributed by atoms with Crippen LogP contribution in [0.25, 0.3) is 11.1 Å². The minimum Gasteiger partial charge on any atom is -0.381 e. The van der Waals surface area contributed by atoms with Gasteiger partial charge in [0.2, 0.25) is 0 Å². The normalized spacial score (nSPS) is 16.9. The molecule has 0 saturated carbocycles. The van der Waals surface area contributed by atoms with E-state index in [1.165, 1.54) is 22.9 Å². The molecule has 210 valence electrons. The van der Waals surface area contributed by atoms with Crippen molar-refractivity contribution in [2.24, 2.45) is 11.8 Å². The number of carbonyl (C=O) groups excluding carboxylic acids is 1. The molecule has 1 aliphatic rings. The second kappa shape index (κ2) is 13.3. The Bertz CT molecular complexity index is 1490. The maximum absolute atomic E-state index is 13.1.